The van der Waals surface area contributed by atoms with Crippen LogP contribution in [0.5, 0.6) is 23.1 Å². The third-order valence-electron chi connectivity index (χ3n) is 5.05. The molecule has 2 aromatic heterocycles. The zero-order valence-electron chi connectivity index (χ0n) is 19.1. The Morgan fingerprint density at radius 2 is 1.79 bits per heavy atom. The second-order valence-corrected chi connectivity index (χ2v) is 7.26. The smallest absolute Gasteiger partial charge is 0.231 e. The molecule has 0 aliphatic heterocycles. The standard InChI is InChI=1S/C24H25N5O5/c1-31-18-6-4-5-17(15-18)24-27-26-21-9-10-23(28-29(21)24)34-12-11-25-22(30)14-16-7-8-19(32-2)20(13-16)33-3/h4-10,13,15H,11-12,14H2,1-3H3,(H,25,30). The van der Waals surface area contributed by atoms with E-state index in [9.17, 15) is 4.79 Å². The van der Waals surface area contributed by atoms with Gasteiger partial charge in [0.2, 0.25) is 11.8 Å². The number of methoxy groups -OCH3 is 3. The van der Waals surface area contributed by atoms with E-state index in [0.29, 0.717) is 41.1 Å². The summed E-state index contributed by atoms with van der Waals surface area (Å²) in [4.78, 5) is 12.3. The maximum Gasteiger partial charge on any atom is 0.231 e. The molecular weight excluding hydrogens is 438 g/mol. The Hall–Kier alpha value is -4.34. The van der Waals surface area contributed by atoms with Crippen molar-refractivity contribution >= 4 is 11.6 Å². The van der Waals surface area contributed by atoms with E-state index >= 15 is 0 Å². The van der Waals surface area contributed by atoms with Crippen molar-refractivity contribution in [2.75, 3.05) is 34.5 Å². The molecule has 4 rings (SSSR count). The number of nitrogens with one attached hydrogen (secondary N) is 1. The van der Waals surface area contributed by atoms with Crippen molar-refractivity contribution in [2.45, 2.75) is 6.42 Å². The van der Waals surface area contributed by atoms with E-state index in [1.807, 2.05) is 30.3 Å². The number of carbonyl (C=O) groups is 1. The van der Waals surface area contributed by atoms with Crippen molar-refractivity contribution < 1.29 is 23.7 Å². The van der Waals surface area contributed by atoms with Gasteiger partial charge < -0.3 is 24.3 Å². The third kappa shape index (κ3) is 5.17. The van der Waals surface area contributed by atoms with Crippen LogP contribution in [0.25, 0.3) is 17.0 Å². The molecule has 0 fully saturated rings. The molecule has 176 valence electrons. The van der Waals surface area contributed by atoms with Gasteiger partial charge >= 0.3 is 0 Å². The molecule has 0 atom stereocenters. The maximum atomic E-state index is 12.3. The van der Waals surface area contributed by atoms with Crippen molar-refractivity contribution in [3.8, 4) is 34.5 Å². The minimum Gasteiger partial charge on any atom is -0.497 e. The summed E-state index contributed by atoms with van der Waals surface area (Å²) in [5.41, 5.74) is 2.23. The number of amides is 1. The molecule has 0 aliphatic rings. The summed E-state index contributed by atoms with van der Waals surface area (Å²) in [6.45, 7) is 0.587. The number of carbonyl (C=O) groups excluding carboxylic acids is 1. The molecule has 1 N–H and O–H groups in total. The van der Waals surface area contributed by atoms with Gasteiger partial charge in [0.25, 0.3) is 0 Å². The number of ether oxygens (including phenoxy) is 4. The molecule has 2 aromatic carbocycles. The third-order valence-corrected chi connectivity index (χ3v) is 5.05. The molecular formula is C24H25N5O5. The lowest BCUT2D eigenvalue weighted by molar-refractivity contribution is -0.120. The fourth-order valence-electron chi connectivity index (χ4n) is 3.38. The van der Waals surface area contributed by atoms with E-state index < -0.39 is 0 Å². The van der Waals surface area contributed by atoms with E-state index in [0.717, 1.165) is 11.1 Å². The highest BCUT2D eigenvalue weighted by Crippen LogP contribution is 2.27. The first-order chi connectivity index (χ1) is 16.6. The van der Waals surface area contributed by atoms with Crippen molar-refractivity contribution in [3.63, 3.8) is 0 Å². The predicted molar refractivity (Wildman–Crippen MR) is 125 cm³/mol. The van der Waals surface area contributed by atoms with Gasteiger partial charge in [0.05, 0.1) is 34.3 Å². The van der Waals surface area contributed by atoms with Crippen LogP contribution < -0.4 is 24.3 Å². The van der Waals surface area contributed by atoms with Gasteiger partial charge in [0, 0.05) is 11.6 Å². The van der Waals surface area contributed by atoms with Crippen LogP contribution in [-0.4, -0.2) is 60.2 Å². The van der Waals surface area contributed by atoms with Crippen molar-refractivity contribution in [3.05, 3.63) is 60.2 Å². The molecule has 10 nitrogen and oxygen atoms in total. The van der Waals surface area contributed by atoms with E-state index in [4.69, 9.17) is 18.9 Å². The van der Waals surface area contributed by atoms with Crippen LogP contribution in [0.1, 0.15) is 5.56 Å². The minimum absolute atomic E-state index is 0.127. The van der Waals surface area contributed by atoms with Crippen LogP contribution >= 0.6 is 0 Å². The number of rotatable bonds is 10. The van der Waals surface area contributed by atoms with E-state index in [2.05, 4.69) is 20.6 Å². The summed E-state index contributed by atoms with van der Waals surface area (Å²) in [5.74, 6) is 2.75. The summed E-state index contributed by atoms with van der Waals surface area (Å²) in [6, 6.07) is 16.4. The van der Waals surface area contributed by atoms with Crippen LogP contribution in [0.15, 0.2) is 54.6 Å². The summed E-state index contributed by atoms with van der Waals surface area (Å²) in [5, 5.41) is 15.7. The molecule has 0 spiro atoms. The van der Waals surface area contributed by atoms with Gasteiger partial charge in [-0.3, -0.25) is 4.79 Å². The average Bonchev–Trinajstić information content (AvgIpc) is 3.30. The van der Waals surface area contributed by atoms with Crippen LogP contribution in [0.4, 0.5) is 0 Å². The molecule has 2 heterocycles. The van der Waals surface area contributed by atoms with Gasteiger partial charge in [-0.15, -0.1) is 15.3 Å². The normalized spacial score (nSPS) is 10.7. The Morgan fingerprint density at radius 1 is 0.941 bits per heavy atom. The fraction of sp³-hybridized carbons (Fsp3) is 0.250. The topological polar surface area (TPSA) is 109 Å². The Morgan fingerprint density at radius 3 is 2.59 bits per heavy atom. The van der Waals surface area contributed by atoms with Crippen LogP contribution in [-0.2, 0) is 11.2 Å². The number of nitrogens with zero attached hydrogens (tertiary/aromatic N) is 4. The first-order valence-electron chi connectivity index (χ1n) is 10.6. The molecule has 0 saturated heterocycles. The largest absolute Gasteiger partial charge is 0.497 e. The average molecular weight is 463 g/mol. The summed E-state index contributed by atoms with van der Waals surface area (Å²) < 4.78 is 23.1. The Labute approximate surface area is 196 Å². The molecule has 0 saturated carbocycles. The summed E-state index contributed by atoms with van der Waals surface area (Å²) in [7, 11) is 4.74. The number of hydrogen-bond donors (Lipinski definition) is 1. The highest BCUT2D eigenvalue weighted by Gasteiger charge is 2.12. The second-order valence-electron chi connectivity index (χ2n) is 7.26. The summed E-state index contributed by atoms with van der Waals surface area (Å²) >= 11 is 0. The number of hydrogen-bond acceptors (Lipinski definition) is 8. The Balaban J connectivity index is 1.33. The SMILES string of the molecule is COc1cccc(-c2nnc3ccc(OCCNC(=O)Cc4ccc(OC)c(OC)c4)nn23)c1. The first-order valence-corrected chi connectivity index (χ1v) is 10.6. The molecule has 0 unspecified atom stereocenters. The highest BCUT2D eigenvalue weighted by molar-refractivity contribution is 5.78. The van der Waals surface area contributed by atoms with Gasteiger partial charge in [-0.05, 0) is 35.9 Å². The van der Waals surface area contributed by atoms with Gasteiger partial charge in [-0.25, -0.2) is 0 Å². The van der Waals surface area contributed by atoms with Crippen molar-refractivity contribution in [2.24, 2.45) is 0 Å². The molecule has 34 heavy (non-hydrogen) atoms. The predicted octanol–water partition coefficient (Wildman–Crippen LogP) is 2.55. The van der Waals surface area contributed by atoms with Gasteiger partial charge in [-0.2, -0.15) is 4.52 Å². The summed E-state index contributed by atoms with van der Waals surface area (Å²) in [6.07, 6.45) is 0.217. The van der Waals surface area contributed by atoms with Crippen molar-refractivity contribution in [1.82, 2.24) is 25.1 Å². The second kappa shape index (κ2) is 10.5. The molecule has 0 bridgehead atoms. The number of aromatic nitrogens is 4. The van der Waals surface area contributed by atoms with Gasteiger partial charge in [-0.1, -0.05) is 18.2 Å². The van der Waals surface area contributed by atoms with Gasteiger partial charge in [0.1, 0.15) is 12.4 Å². The highest BCUT2D eigenvalue weighted by atomic mass is 16.5. The fourth-order valence-corrected chi connectivity index (χ4v) is 3.38. The lowest BCUT2D eigenvalue weighted by atomic mass is 10.1. The van der Waals surface area contributed by atoms with Crippen LogP contribution in [0, 0.1) is 0 Å². The molecule has 0 radical (unpaired) electrons. The van der Waals surface area contributed by atoms with Crippen LogP contribution in [0.3, 0.4) is 0 Å². The molecule has 10 heteroatoms. The quantitative estimate of drug-likeness (QED) is 0.358. The monoisotopic (exact) mass is 463 g/mol. The van der Waals surface area contributed by atoms with E-state index in [-0.39, 0.29) is 18.9 Å². The zero-order chi connectivity index (χ0) is 23.9. The maximum absolute atomic E-state index is 12.3. The van der Waals surface area contributed by atoms with Crippen LogP contribution in [0.2, 0.25) is 0 Å². The Kier molecular flexibility index (Phi) is 7.07. The van der Waals surface area contributed by atoms with E-state index in [1.54, 1.807) is 50.1 Å². The van der Waals surface area contributed by atoms with E-state index in [1.165, 1.54) is 0 Å². The molecule has 4 aromatic rings. The molecule has 1 amide bonds. The van der Waals surface area contributed by atoms with Crippen molar-refractivity contribution in [1.29, 1.82) is 0 Å². The number of fused-ring (bicyclic) bond motifs is 1. The lowest BCUT2D eigenvalue weighted by Crippen LogP contribution is -2.29. The van der Waals surface area contributed by atoms with Gasteiger partial charge in [0.15, 0.2) is 23.0 Å². The minimum atomic E-state index is -0.127. The zero-order valence-corrected chi connectivity index (χ0v) is 19.1. The molecule has 0 aliphatic carbocycles. The lowest BCUT2D eigenvalue weighted by Gasteiger charge is -2.10. The first kappa shape index (κ1) is 22.8. The number of benzene rings is 2. The Bertz CT molecular complexity index is 1290.